The van der Waals surface area contributed by atoms with Gasteiger partial charge < -0.3 is 0 Å². The van der Waals surface area contributed by atoms with Crippen LogP contribution in [0.1, 0.15) is 0 Å². The molecule has 1 heterocycles. The van der Waals surface area contributed by atoms with Crippen LogP contribution in [0, 0.1) is 0 Å². The summed E-state index contributed by atoms with van der Waals surface area (Å²) in [6, 6.07) is 0. The molecular formula is C12H12N4O4S6. The van der Waals surface area contributed by atoms with Crippen molar-refractivity contribution in [1.82, 2.24) is 0 Å². The fourth-order valence-electron chi connectivity index (χ4n) is 1.52. The molecule has 1 rings (SSSR count). The minimum Gasteiger partial charge on any atom is -0.211 e. The summed E-state index contributed by atoms with van der Waals surface area (Å²) in [5.74, 6) is 2.38. The molecule has 1 aliphatic heterocycles. The lowest BCUT2D eigenvalue weighted by atomic mass is 10.5. The highest BCUT2D eigenvalue weighted by Crippen LogP contribution is 2.63. The van der Waals surface area contributed by atoms with Crippen molar-refractivity contribution in [2.75, 3.05) is 35.0 Å². The average molecular weight is 469 g/mol. The number of thioether (sulfide) groups is 6. The third kappa shape index (κ3) is 8.54. The first kappa shape index (κ1) is 23.7. The number of hydrogen-bond acceptors (Lipinski definition) is 14. The minimum atomic E-state index is -0.396. The Morgan fingerprint density at radius 3 is 1.35 bits per heavy atom. The van der Waals surface area contributed by atoms with Gasteiger partial charge in [0, 0.05) is 11.5 Å². The zero-order chi connectivity index (χ0) is 19.1. The molecule has 0 N–H and O–H groups in total. The van der Waals surface area contributed by atoms with E-state index in [-0.39, 0.29) is 27.6 Å². The van der Waals surface area contributed by atoms with Crippen LogP contribution in [0.3, 0.4) is 0 Å². The van der Waals surface area contributed by atoms with Crippen molar-refractivity contribution in [3.63, 3.8) is 0 Å². The molecule has 0 radical (unpaired) electrons. The van der Waals surface area contributed by atoms with E-state index in [4.69, 9.17) is 0 Å². The molecule has 0 saturated carbocycles. The lowest BCUT2D eigenvalue weighted by Crippen LogP contribution is -2.36. The second-order valence-corrected chi connectivity index (χ2v) is 13.2. The van der Waals surface area contributed by atoms with Gasteiger partial charge in [-0.15, -0.1) is 47.0 Å². The first-order valence-electron chi connectivity index (χ1n) is 6.64. The van der Waals surface area contributed by atoms with Crippen LogP contribution in [0.4, 0.5) is 0 Å². The molecule has 0 unspecified atom stereocenters. The molecule has 0 spiro atoms. The quantitative estimate of drug-likeness (QED) is 0.240. The van der Waals surface area contributed by atoms with Crippen molar-refractivity contribution in [3.05, 3.63) is 0 Å². The van der Waals surface area contributed by atoms with E-state index in [0.29, 0.717) is 11.5 Å². The third-order valence-electron chi connectivity index (χ3n) is 2.59. The Morgan fingerprint density at radius 2 is 1.00 bits per heavy atom. The van der Waals surface area contributed by atoms with Crippen LogP contribution in [0.25, 0.3) is 0 Å². The van der Waals surface area contributed by atoms with Gasteiger partial charge in [-0.3, -0.25) is 0 Å². The largest absolute Gasteiger partial charge is 0.235 e. The van der Waals surface area contributed by atoms with Crippen LogP contribution in [0.5, 0.6) is 0 Å². The zero-order valence-electron chi connectivity index (χ0n) is 13.1. The van der Waals surface area contributed by atoms with Crippen molar-refractivity contribution in [3.8, 4) is 0 Å². The number of hydrogen-bond donors (Lipinski definition) is 0. The Labute approximate surface area is 175 Å². The van der Waals surface area contributed by atoms with Gasteiger partial charge in [0.25, 0.3) is 0 Å². The molecule has 0 aromatic heterocycles. The second kappa shape index (κ2) is 13.7. The van der Waals surface area contributed by atoms with Crippen molar-refractivity contribution in [1.29, 1.82) is 0 Å². The molecule has 0 aromatic carbocycles. The molecule has 1 aliphatic rings. The highest BCUT2D eigenvalue weighted by Gasteiger charge is 2.45. The van der Waals surface area contributed by atoms with E-state index in [1.165, 1.54) is 71.4 Å². The van der Waals surface area contributed by atoms with E-state index < -0.39 is 2.74 Å². The lowest BCUT2D eigenvalue weighted by Gasteiger charge is -2.43. The van der Waals surface area contributed by atoms with Crippen LogP contribution in [-0.2, 0) is 19.2 Å². The topological polar surface area (TPSA) is 118 Å². The van der Waals surface area contributed by atoms with E-state index in [1.807, 2.05) is 0 Å². The molecule has 0 aliphatic carbocycles. The van der Waals surface area contributed by atoms with Gasteiger partial charge in [0.2, 0.25) is 24.3 Å². The van der Waals surface area contributed by atoms with Gasteiger partial charge in [0.15, 0.2) is 2.74 Å². The van der Waals surface area contributed by atoms with Gasteiger partial charge in [-0.1, -0.05) is 23.5 Å². The Bertz CT molecular complexity index is 542. The van der Waals surface area contributed by atoms with Crippen molar-refractivity contribution >= 4 is 94.9 Å². The molecule has 1 fully saturated rings. The van der Waals surface area contributed by atoms with Crippen LogP contribution in [-0.4, -0.2) is 66.2 Å². The Balaban J connectivity index is 2.84. The van der Waals surface area contributed by atoms with Gasteiger partial charge >= 0.3 is 0 Å². The predicted molar refractivity (Wildman–Crippen MR) is 113 cm³/mol. The minimum absolute atomic E-state index is 0.249. The van der Waals surface area contributed by atoms with Crippen LogP contribution >= 0.6 is 70.6 Å². The summed E-state index contributed by atoms with van der Waals surface area (Å²) in [6.07, 6.45) is 6.05. The molecule has 140 valence electrons. The summed E-state index contributed by atoms with van der Waals surface area (Å²) in [4.78, 5) is 55.6. The van der Waals surface area contributed by atoms with Crippen molar-refractivity contribution in [2.45, 2.75) is 6.82 Å². The van der Waals surface area contributed by atoms with E-state index in [0.717, 1.165) is 0 Å². The summed E-state index contributed by atoms with van der Waals surface area (Å²) in [5.41, 5.74) is 0. The summed E-state index contributed by atoms with van der Waals surface area (Å²) < 4.78 is -0.699. The maximum atomic E-state index is 10.3. The summed E-state index contributed by atoms with van der Waals surface area (Å²) in [5, 5.41) is 0. The van der Waals surface area contributed by atoms with Gasteiger partial charge in [0.1, 0.15) is 11.8 Å². The number of isocyanates is 4. The molecule has 0 amide bonds. The maximum absolute atomic E-state index is 10.3. The van der Waals surface area contributed by atoms with Gasteiger partial charge in [-0.05, 0) is 0 Å². The average Bonchev–Trinajstić information content (AvgIpc) is 2.65. The molecule has 26 heavy (non-hydrogen) atoms. The van der Waals surface area contributed by atoms with Crippen LogP contribution < -0.4 is 0 Å². The summed E-state index contributed by atoms with van der Waals surface area (Å²) in [6.45, 7) is 0. The van der Waals surface area contributed by atoms with E-state index >= 15 is 0 Å². The summed E-state index contributed by atoms with van der Waals surface area (Å²) >= 11 is 9.14. The SMILES string of the molecule is O=C=NCSC1(SCN=C=O)CSC(SCN=C=O)(SCN=C=O)SC1. The van der Waals surface area contributed by atoms with Gasteiger partial charge in [0.05, 0.1) is 15.8 Å². The summed E-state index contributed by atoms with van der Waals surface area (Å²) in [7, 11) is 0. The van der Waals surface area contributed by atoms with Crippen molar-refractivity contribution < 1.29 is 19.2 Å². The molecule has 0 atom stereocenters. The normalized spacial score (nSPS) is 24.3. The fourth-order valence-corrected chi connectivity index (χ4v) is 10.6. The molecule has 14 heteroatoms. The van der Waals surface area contributed by atoms with Crippen LogP contribution in [0.2, 0.25) is 0 Å². The lowest BCUT2D eigenvalue weighted by molar-refractivity contribution is 0.563. The first-order valence-corrected chi connectivity index (χ1v) is 12.6. The molecule has 0 aromatic rings. The molecular weight excluding hydrogens is 457 g/mol. The third-order valence-corrected chi connectivity index (χ3v) is 13.6. The van der Waals surface area contributed by atoms with E-state index in [9.17, 15) is 19.2 Å². The van der Waals surface area contributed by atoms with Crippen LogP contribution in [0.15, 0.2) is 20.0 Å². The highest BCUT2D eigenvalue weighted by atomic mass is 32.3. The number of nitrogens with zero attached hydrogens (tertiary/aromatic N) is 4. The monoisotopic (exact) mass is 468 g/mol. The van der Waals surface area contributed by atoms with E-state index in [1.54, 1.807) is 23.5 Å². The van der Waals surface area contributed by atoms with Gasteiger partial charge in [-0.2, -0.15) is 20.0 Å². The predicted octanol–water partition coefficient (Wildman–Crippen LogP) is 2.88. The van der Waals surface area contributed by atoms with E-state index in [2.05, 4.69) is 20.0 Å². The van der Waals surface area contributed by atoms with Crippen molar-refractivity contribution in [2.24, 2.45) is 20.0 Å². The smallest absolute Gasteiger partial charge is 0.211 e. The Kier molecular flexibility index (Phi) is 12.5. The number of rotatable bonds is 12. The Hall–Kier alpha value is -0.380. The zero-order valence-corrected chi connectivity index (χ0v) is 18.0. The molecule has 0 bridgehead atoms. The number of carbonyl (C=O) groups excluding carboxylic acids is 4. The molecule has 8 nitrogen and oxygen atoms in total. The van der Waals surface area contributed by atoms with Gasteiger partial charge in [-0.25, -0.2) is 19.2 Å². The molecule has 1 saturated heterocycles. The highest BCUT2D eigenvalue weighted by molar-refractivity contribution is 8.48. The maximum Gasteiger partial charge on any atom is 0.235 e. The standard InChI is InChI=1S/C12H12N4O4S6/c17-3-13-7-23-11(24-8-14-4-18)1-21-12(22-2-11,25-9-15-5-19)26-10-16-6-20/h1-2,7-10H2. The second-order valence-electron chi connectivity index (χ2n) is 4.08. The Morgan fingerprint density at radius 1 is 0.654 bits per heavy atom. The first-order chi connectivity index (χ1) is 12.7. The number of aliphatic imine (C=N–C) groups is 4. The fraction of sp³-hybridized carbons (Fsp3) is 0.667.